The molecule has 1 fully saturated rings. The Morgan fingerprint density at radius 1 is 1.40 bits per heavy atom. The van der Waals surface area contributed by atoms with Gasteiger partial charge in [0.1, 0.15) is 0 Å². The van der Waals surface area contributed by atoms with E-state index in [4.69, 9.17) is 16.9 Å². The predicted octanol–water partition coefficient (Wildman–Crippen LogP) is 2.85. The molecule has 0 unspecified atom stereocenters. The quantitative estimate of drug-likeness (QED) is 0.785. The predicted molar refractivity (Wildman–Crippen MR) is 57.6 cm³/mol. The highest BCUT2D eigenvalue weighted by Gasteiger charge is 2.50. The van der Waals surface area contributed by atoms with Crippen LogP contribution in [0.4, 0.5) is 0 Å². The normalized spacial score (nSPS) is 16.8. The molecule has 1 aromatic carbocycles. The van der Waals surface area contributed by atoms with Crippen LogP contribution >= 0.6 is 11.6 Å². The van der Waals surface area contributed by atoms with Crippen molar-refractivity contribution in [3.05, 3.63) is 34.9 Å². The lowest BCUT2D eigenvalue weighted by molar-refractivity contribution is -0.120. The van der Waals surface area contributed by atoms with Crippen molar-refractivity contribution in [1.82, 2.24) is 0 Å². The summed E-state index contributed by atoms with van der Waals surface area (Å²) in [6.07, 6.45) is 1.72. The number of halogens is 1. The van der Waals surface area contributed by atoms with Gasteiger partial charge in [-0.25, -0.2) is 0 Å². The molecule has 1 aromatic rings. The van der Waals surface area contributed by atoms with Crippen molar-refractivity contribution in [2.75, 3.05) is 0 Å². The van der Waals surface area contributed by atoms with E-state index in [9.17, 15) is 4.79 Å². The molecule has 0 N–H and O–H groups in total. The van der Waals surface area contributed by atoms with Crippen molar-refractivity contribution in [2.24, 2.45) is 0 Å². The van der Waals surface area contributed by atoms with E-state index in [1.807, 2.05) is 18.2 Å². The number of ketones is 1. The summed E-state index contributed by atoms with van der Waals surface area (Å²) in [5.41, 5.74) is 0.618. The number of rotatable bonds is 3. The van der Waals surface area contributed by atoms with Crippen LogP contribution in [0.1, 0.15) is 24.8 Å². The fourth-order valence-corrected chi connectivity index (χ4v) is 1.99. The highest BCUT2D eigenvalue weighted by molar-refractivity contribution is 6.30. The van der Waals surface area contributed by atoms with E-state index in [0.717, 1.165) is 18.4 Å². The summed E-state index contributed by atoms with van der Waals surface area (Å²) in [5, 5.41) is 9.20. The van der Waals surface area contributed by atoms with Crippen molar-refractivity contribution in [3.63, 3.8) is 0 Å². The minimum Gasteiger partial charge on any atom is -0.298 e. The van der Waals surface area contributed by atoms with Crippen molar-refractivity contribution in [1.29, 1.82) is 5.26 Å². The Balaban J connectivity index is 2.27. The van der Waals surface area contributed by atoms with Gasteiger partial charge in [-0.2, -0.15) is 5.26 Å². The summed E-state index contributed by atoms with van der Waals surface area (Å²) in [4.78, 5) is 11.8. The number of benzene rings is 1. The van der Waals surface area contributed by atoms with Crippen molar-refractivity contribution < 1.29 is 4.79 Å². The first-order valence-corrected chi connectivity index (χ1v) is 5.23. The molecule has 0 aliphatic heterocycles. The van der Waals surface area contributed by atoms with Gasteiger partial charge in [0.25, 0.3) is 0 Å². The number of carbonyl (C=O) groups excluding carboxylic acids is 1. The van der Waals surface area contributed by atoms with E-state index >= 15 is 0 Å². The Hall–Kier alpha value is -1.33. The smallest absolute Gasteiger partial charge is 0.157 e. The number of nitrogens with zero attached hydrogens (tertiary/aromatic N) is 1. The third-order valence-electron chi connectivity index (χ3n) is 2.92. The van der Waals surface area contributed by atoms with Gasteiger partial charge in [0, 0.05) is 5.02 Å². The molecule has 0 amide bonds. The fourth-order valence-electron chi connectivity index (χ4n) is 1.86. The van der Waals surface area contributed by atoms with Crippen LogP contribution in [0.5, 0.6) is 0 Å². The molecule has 0 saturated heterocycles. The molecule has 0 aromatic heterocycles. The SMILES string of the molecule is N#CCC(=O)C1(c2ccc(Cl)cc2)CC1. The zero-order valence-electron chi connectivity index (χ0n) is 8.16. The van der Waals surface area contributed by atoms with Gasteiger partial charge in [-0.3, -0.25) is 4.79 Å². The monoisotopic (exact) mass is 219 g/mol. The van der Waals surface area contributed by atoms with Gasteiger partial charge in [-0.1, -0.05) is 23.7 Å². The second-order valence-electron chi connectivity index (χ2n) is 3.85. The molecule has 1 aliphatic carbocycles. The molecule has 1 aliphatic rings. The molecule has 0 atom stereocenters. The first kappa shape index (κ1) is 10.2. The summed E-state index contributed by atoms with van der Waals surface area (Å²) >= 11 is 5.79. The Kier molecular flexibility index (Phi) is 2.50. The summed E-state index contributed by atoms with van der Waals surface area (Å²) in [7, 11) is 0. The van der Waals surface area contributed by atoms with Crippen LogP contribution in [-0.2, 0) is 10.2 Å². The molecular weight excluding hydrogens is 210 g/mol. The number of hydrogen-bond donors (Lipinski definition) is 0. The average Bonchev–Trinajstić information content (AvgIpc) is 3.00. The average molecular weight is 220 g/mol. The lowest BCUT2D eigenvalue weighted by Crippen LogP contribution is -2.19. The molecule has 15 heavy (non-hydrogen) atoms. The molecular formula is C12H10ClNO. The Morgan fingerprint density at radius 3 is 2.47 bits per heavy atom. The summed E-state index contributed by atoms with van der Waals surface area (Å²) in [5.74, 6) is 0.0346. The van der Waals surface area contributed by atoms with Gasteiger partial charge >= 0.3 is 0 Å². The maximum absolute atomic E-state index is 11.8. The third kappa shape index (κ3) is 1.75. The van der Waals surface area contributed by atoms with E-state index in [1.54, 1.807) is 12.1 Å². The van der Waals surface area contributed by atoms with Crippen LogP contribution in [0.2, 0.25) is 5.02 Å². The second-order valence-corrected chi connectivity index (χ2v) is 4.28. The number of hydrogen-bond acceptors (Lipinski definition) is 2. The third-order valence-corrected chi connectivity index (χ3v) is 3.17. The zero-order valence-corrected chi connectivity index (χ0v) is 8.92. The highest BCUT2D eigenvalue weighted by Crippen LogP contribution is 2.49. The van der Waals surface area contributed by atoms with E-state index in [-0.39, 0.29) is 17.6 Å². The van der Waals surface area contributed by atoms with E-state index in [0.29, 0.717) is 5.02 Å². The fraction of sp³-hybridized carbons (Fsp3) is 0.333. The Labute approximate surface area is 93.5 Å². The molecule has 0 spiro atoms. The van der Waals surface area contributed by atoms with E-state index < -0.39 is 0 Å². The van der Waals surface area contributed by atoms with Crippen LogP contribution < -0.4 is 0 Å². The van der Waals surface area contributed by atoms with Crippen molar-refractivity contribution in [2.45, 2.75) is 24.7 Å². The number of Topliss-reactive ketones (excluding diaryl/α,β-unsaturated/α-hetero) is 1. The van der Waals surface area contributed by atoms with Gasteiger partial charge in [0.05, 0.1) is 17.9 Å². The van der Waals surface area contributed by atoms with Gasteiger partial charge in [-0.05, 0) is 30.5 Å². The van der Waals surface area contributed by atoms with Gasteiger partial charge in [0.15, 0.2) is 5.78 Å². The van der Waals surface area contributed by atoms with Crippen LogP contribution in [0.15, 0.2) is 24.3 Å². The maximum Gasteiger partial charge on any atom is 0.157 e. The molecule has 0 radical (unpaired) electrons. The summed E-state index contributed by atoms with van der Waals surface area (Å²) < 4.78 is 0. The van der Waals surface area contributed by atoms with Crippen LogP contribution in [-0.4, -0.2) is 5.78 Å². The van der Waals surface area contributed by atoms with Crippen LogP contribution in [0, 0.1) is 11.3 Å². The standard InChI is InChI=1S/C12H10ClNO/c13-10-3-1-9(2-4-10)12(6-7-12)11(15)5-8-14/h1-4H,5-7H2. The first-order chi connectivity index (χ1) is 7.19. The lowest BCUT2D eigenvalue weighted by atomic mass is 9.90. The van der Waals surface area contributed by atoms with Crippen LogP contribution in [0.25, 0.3) is 0 Å². The zero-order chi connectivity index (χ0) is 10.9. The molecule has 76 valence electrons. The second kappa shape index (κ2) is 3.67. The topological polar surface area (TPSA) is 40.9 Å². The minimum absolute atomic E-state index is 0.00261. The summed E-state index contributed by atoms with van der Waals surface area (Å²) in [6, 6.07) is 9.25. The largest absolute Gasteiger partial charge is 0.298 e. The van der Waals surface area contributed by atoms with Gasteiger partial charge in [0.2, 0.25) is 0 Å². The molecule has 1 saturated carbocycles. The molecule has 2 rings (SSSR count). The van der Waals surface area contributed by atoms with E-state index in [1.165, 1.54) is 0 Å². The maximum atomic E-state index is 11.8. The number of nitriles is 1. The molecule has 0 heterocycles. The van der Waals surface area contributed by atoms with E-state index in [2.05, 4.69) is 0 Å². The van der Waals surface area contributed by atoms with Gasteiger partial charge < -0.3 is 0 Å². The van der Waals surface area contributed by atoms with Crippen molar-refractivity contribution in [3.8, 4) is 6.07 Å². The molecule has 2 nitrogen and oxygen atoms in total. The lowest BCUT2D eigenvalue weighted by Gasteiger charge is -2.12. The van der Waals surface area contributed by atoms with Gasteiger partial charge in [-0.15, -0.1) is 0 Å². The highest BCUT2D eigenvalue weighted by atomic mass is 35.5. The Morgan fingerprint density at radius 2 is 2.00 bits per heavy atom. The van der Waals surface area contributed by atoms with Crippen LogP contribution in [0.3, 0.4) is 0 Å². The minimum atomic E-state index is -0.375. The molecule has 0 bridgehead atoms. The molecule has 3 heteroatoms. The summed E-state index contributed by atoms with van der Waals surface area (Å²) in [6.45, 7) is 0. The first-order valence-electron chi connectivity index (χ1n) is 4.85. The Bertz CT molecular complexity index is 426. The van der Waals surface area contributed by atoms with Crippen molar-refractivity contribution >= 4 is 17.4 Å². The number of carbonyl (C=O) groups is 1.